The molecule has 1 rings (SSSR count). The average molecular weight is 253 g/mol. The van der Waals surface area contributed by atoms with Crippen molar-refractivity contribution in [2.45, 2.75) is 46.3 Å². The highest BCUT2D eigenvalue weighted by Gasteiger charge is 2.03. The molecular formula is C13H23N3O2. The lowest BCUT2D eigenvalue weighted by Gasteiger charge is -2.08. The number of nitrogens with one attached hydrogen (secondary N) is 1. The van der Waals surface area contributed by atoms with Crippen LogP contribution in [0.5, 0.6) is 0 Å². The van der Waals surface area contributed by atoms with E-state index in [1.165, 1.54) is 0 Å². The number of carbonyl (C=O) groups is 1. The minimum atomic E-state index is 0.0643. The summed E-state index contributed by atoms with van der Waals surface area (Å²) in [6.45, 7) is 7.98. The highest BCUT2D eigenvalue weighted by Crippen LogP contribution is 1.97. The Morgan fingerprint density at radius 2 is 2.33 bits per heavy atom. The first-order valence-corrected chi connectivity index (χ1v) is 6.46. The first kappa shape index (κ1) is 14.7. The maximum Gasteiger partial charge on any atom is 0.221 e. The maximum absolute atomic E-state index is 11.6. The first-order valence-electron chi connectivity index (χ1n) is 6.46. The summed E-state index contributed by atoms with van der Waals surface area (Å²) < 4.78 is 7.23. The molecule has 0 spiro atoms. The van der Waals surface area contributed by atoms with E-state index < -0.39 is 0 Å². The summed E-state index contributed by atoms with van der Waals surface area (Å²) in [5.41, 5.74) is 1.08. The number of aromatic nitrogens is 2. The number of rotatable bonds is 8. The first-order chi connectivity index (χ1) is 8.59. The highest BCUT2D eigenvalue weighted by atomic mass is 16.5. The molecule has 0 saturated heterocycles. The standard InChI is InChI=1S/C13H23N3O2/c1-11(2)18-10-4-7-14-13(17)6-9-16-12(3)5-8-15-16/h5,8,11H,4,6-7,9-10H2,1-3H3,(H,14,17). The second kappa shape index (κ2) is 7.87. The van der Waals surface area contributed by atoms with E-state index in [9.17, 15) is 4.79 Å². The van der Waals surface area contributed by atoms with Crippen molar-refractivity contribution < 1.29 is 9.53 Å². The van der Waals surface area contributed by atoms with Gasteiger partial charge in [-0.05, 0) is 33.3 Å². The molecule has 1 N–H and O–H groups in total. The Balaban J connectivity index is 2.06. The molecule has 0 bridgehead atoms. The Bertz CT molecular complexity index is 361. The van der Waals surface area contributed by atoms with Crippen molar-refractivity contribution >= 4 is 5.91 Å². The number of aryl methyl sites for hydroxylation is 2. The van der Waals surface area contributed by atoms with Gasteiger partial charge in [0, 0.05) is 38.0 Å². The number of amides is 1. The maximum atomic E-state index is 11.6. The Labute approximate surface area is 109 Å². The van der Waals surface area contributed by atoms with Gasteiger partial charge in [-0.2, -0.15) is 5.10 Å². The summed E-state index contributed by atoms with van der Waals surface area (Å²) in [6, 6.07) is 1.93. The quantitative estimate of drug-likeness (QED) is 0.715. The molecule has 0 aliphatic heterocycles. The molecule has 0 radical (unpaired) electrons. The minimum absolute atomic E-state index is 0.0643. The van der Waals surface area contributed by atoms with Gasteiger partial charge in [-0.25, -0.2) is 0 Å². The van der Waals surface area contributed by atoms with Crippen molar-refractivity contribution in [1.29, 1.82) is 0 Å². The number of ether oxygens (including phenoxy) is 1. The van der Waals surface area contributed by atoms with Crippen LogP contribution in [0, 0.1) is 6.92 Å². The monoisotopic (exact) mass is 253 g/mol. The van der Waals surface area contributed by atoms with E-state index in [2.05, 4.69) is 10.4 Å². The van der Waals surface area contributed by atoms with E-state index in [1.54, 1.807) is 6.20 Å². The molecule has 5 nitrogen and oxygen atoms in total. The summed E-state index contributed by atoms with van der Waals surface area (Å²) >= 11 is 0. The number of hydrogen-bond donors (Lipinski definition) is 1. The van der Waals surface area contributed by atoms with E-state index in [1.807, 2.05) is 31.5 Å². The van der Waals surface area contributed by atoms with E-state index in [0.29, 0.717) is 26.1 Å². The molecule has 0 saturated carbocycles. The van der Waals surface area contributed by atoms with Gasteiger partial charge in [0.2, 0.25) is 5.91 Å². The van der Waals surface area contributed by atoms with E-state index in [4.69, 9.17) is 4.74 Å². The zero-order valence-electron chi connectivity index (χ0n) is 11.5. The molecule has 1 aromatic heterocycles. The number of nitrogens with zero attached hydrogens (tertiary/aromatic N) is 2. The summed E-state index contributed by atoms with van der Waals surface area (Å²) in [7, 11) is 0. The smallest absolute Gasteiger partial charge is 0.221 e. The third kappa shape index (κ3) is 5.82. The van der Waals surface area contributed by atoms with Crippen molar-refractivity contribution in [2.24, 2.45) is 0 Å². The lowest BCUT2D eigenvalue weighted by atomic mass is 10.3. The predicted molar refractivity (Wildman–Crippen MR) is 70.3 cm³/mol. The third-order valence-electron chi connectivity index (χ3n) is 2.57. The molecule has 1 amide bonds. The van der Waals surface area contributed by atoms with Crippen molar-refractivity contribution in [3.05, 3.63) is 18.0 Å². The second-order valence-electron chi connectivity index (χ2n) is 4.57. The Kier molecular flexibility index (Phi) is 6.43. The van der Waals surface area contributed by atoms with Gasteiger partial charge in [-0.1, -0.05) is 0 Å². The summed E-state index contributed by atoms with van der Waals surface area (Å²) in [5, 5.41) is 7.01. The SMILES string of the molecule is Cc1ccnn1CCC(=O)NCCCOC(C)C. The molecule has 0 aliphatic carbocycles. The highest BCUT2D eigenvalue weighted by molar-refractivity contribution is 5.75. The number of carbonyl (C=O) groups excluding carboxylic acids is 1. The Morgan fingerprint density at radius 1 is 1.56 bits per heavy atom. The van der Waals surface area contributed by atoms with E-state index in [0.717, 1.165) is 12.1 Å². The molecule has 0 unspecified atom stereocenters. The zero-order chi connectivity index (χ0) is 13.4. The lowest BCUT2D eigenvalue weighted by molar-refractivity contribution is -0.121. The Morgan fingerprint density at radius 3 is 2.94 bits per heavy atom. The molecule has 0 atom stereocenters. The third-order valence-corrected chi connectivity index (χ3v) is 2.57. The van der Waals surface area contributed by atoms with Gasteiger partial charge in [-0.3, -0.25) is 9.48 Å². The molecule has 0 aliphatic rings. The predicted octanol–water partition coefficient (Wildman–Crippen LogP) is 1.51. The minimum Gasteiger partial charge on any atom is -0.379 e. The van der Waals surface area contributed by atoms with Crippen molar-refractivity contribution in [3.63, 3.8) is 0 Å². The summed E-state index contributed by atoms with van der Waals surface area (Å²) in [5.74, 6) is 0.0643. The van der Waals surface area contributed by atoms with Crippen LogP contribution in [0.4, 0.5) is 0 Å². The van der Waals surface area contributed by atoms with Crippen LogP contribution in [0.1, 0.15) is 32.4 Å². The normalized spacial score (nSPS) is 10.9. The van der Waals surface area contributed by atoms with Crippen LogP contribution in [0.3, 0.4) is 0 Å². The van der Waals surface area contributed by atoms with E-state index >= 15 is 0 Å². The molecule has 0 aromatic carbocycles. The summed E-state index contributed by atoms with van der Waals surface area (Å²) in [6.07, 6.45) is 3.32. The van der Waals surface area contributed by atoms with Crippen LogP contribution >= 0.6 is 0 Å². The molecule has 5 heteroatoms. The van der Waals surface area contributed by atoms with Gasteiger partial charge < -0.3 is 10.1 Å². The summed E-state index contributed by atoms with van der Waals surface area (Å²) in [4.78, 5) is 11.6. The molecule has 0 fully saturated rings. The molecule has 18 heavy (non-hydrogen) atoms. The van der Waals surface area contributed by atoms with Crippen molar-refractivity contribution in [2.75, 3.05) is 13.2 Å². The van der Waals surface area contributed by atoms with Gasteiger partial charge in [0.15, 0.2) is 0 Å². The Hall–Kier alpha value is -1.36. The second-order valence-corrected chi connectivity index (χ2v) is 4.57. The molecule has 102 valence electrons. The largest absolute Gasteiger partial charge is 0.379 e. The van der Waals surface area contributed by atoms with Crippen LogP contribution in [-0.4, -0.2) is 34.9 Å². The average Bonchev–Trinajstić information content (AvgIpc) is 2.71. The fourth-order valence-electron chi connectivity index (χ4n) is 1.55. The van der Waals surface area contributed by atoms with Gasteiger partial charge in [-0.15, -0.1) is 0 Å². The van der Waals surface area contributed by atoms with Gasteiger partial charge >= 0.3 is 0 Å². The van der Waals surface area contributed by atoms with Crippen molar-refractivity contribution in [3.8, 4) is 0 Å². The van der Waals surface area contributed by atoms with Gasteiger partial charge in [0.25, 0.3) is 0 Å². The fourth-order valence-corrected chi connectivity index (χ4v) is 1.55. The zero-order valence-corrected chi connectivity index (χ0v) is 11.5. The van der Waals surface area contributed by atoms with Crippen LogP contribution in [0.2, 0.25) is 0 Å². The molecule has 1 heterocycles. The van der Waals surface area contributed by atoms with E-state index in [-0.39, 0.29) is 12.0 Å². The van der Waals surface area contributed by atoms with Crippen LogP contribution < -0.4 is 5.32 Å². The van der Waals surface area contributed by atoms with Gasteiger partial charge in [0.1, 0.15) is 0 Å². The van der Waals surface area contributed by atoms with Crippen LogP contribution in [0.25, 0.3) is 0 Å². The number of hydrogen-bond acceptors (Lipinski definition) is 3. The molecule has 1 aromatic rings. The topological polar surface area (TPSA) is 56.2 Å². The van der Waals surface area contributed by atoms with Crippen LogP contribution in [-0.2, 0) is 16.1 Å². The fraction of sp³-hybridized carbons (Fsp3) is 0.692. The van der Waals surface area contributed by atoms with Gasteiger partial charge in [0.05, 0.1) is 6.10 Å². The lowest BCUT2D eigenvalue weighted by Crippen LogP contribution is -2.26. The van der Waals surface area contributed by atoms with Crippen LogP contribution in [0.15, 0.2) is 12.3 Å². The van der Waals surface area contributed by atoms with Crippen molar-refractivity contribution in [1.82, 2.24) is 15.1 Å². The molecular weight excluding hydrogens is 230 g/mol.